The molecule has 1 aliphatic heterocycles. The number of hydrogen-bond acceptors (Lipinski definition) is 2. The Morgan fingerprint density at radius 3 is 2.75 bits per heavy atom. The Morgan fingerprint density at radius 2 is 2.19 bits per heavy atom. The van der Waals surface area contributed by atoms with Crippen LogP contribution in [0.25, 0.3) is 5.57 Å². The lowest BCUT2D eigenvalue weighted by Crippen LogP contribution is -2.25. The molecule has 0 saturated carbocycles. The lowest BCUT2D eigenvalue weighted by atomic mass is 10.1. The van der Waals surface area contributed by atoms with Crippen LogP contribution in [0, 0.1) is 0 Å². The molecule has 1 aromatic rings. The largest absolute Gasteiger partial charge is 0.302 e. The SMILES string of the molecule is CCc1cc(C2=CCCN(C)C2)nn1CC. The van der Waals surface area contributed by atoms with Gasteiger partial charge in [-0.2, -0.15) is 5.10 Å². The van der Waals surface area contributed by atoms with Crippen molar-refractivity contribution in [3.8, 4) is 0 Å². The molecule has 1 aliphatic rings. The highest BCUT2D eigenvalue weighted by molar-refractivity contribution is 5.65. The van der Waals surface area contributed by atoms with Crippen molar-refractivity contribution in [3.63, 3.8) is 0 Å². The summed E-state index contributed by atoms with van der Waals surface area (Å²) in [6, 6.07) is 2.24. The van der Waals surface area contributed by atoms with E-state index in [1.807, 2.05) is 0 Å². The van der Waals surface area contributed by atoms with Crippen molar-refractivity contribution in [2.45, 2.75) is 33.2 Å². The normalized spacial score (nSPS) is 17.6. The number of aromatic nitrogens is 2. The zero-order chi connectivity index (χ0) is 11.5. The van der Waals surface area contributed by atoms with Gasteiger partial charge in [0, 0.05) is 25.3 Å². The van der Waals surface area contributed by atoms with Gasteiger partial charge in [0.25, 0.3) is 0 Å². The third-order valence-corrected chi connectivity index (χ3v) is 3.20. The summed E-state index contributed by atoms with van der Waals surface area (Å²) < 4.78 is 2.12. The minimum atomic E-state index is 0.965. The van der Waals surface area contributed by atoms with E-state index in [9.17, 15) is 0 Å². The Labute approximate surface area is 97.8 Å². The van der Waals surface area contributed by atoms with Gasteiger partial charge >= 0.3 is 0 Å². The average molecular weight is 219 g/mol. The first-order chi connectivity index (χ1) is 7.74. The predicted octanol–water partition coefficient (Wildman–Crippen LogP) is 2.18. The third kappa shape index (κ3) is 2.19. The summed E-state index contributed by atoms with van der Waals surface area (Å²) in [4.78, 5) is 2.35. The molecule has 1 aromatic heterocycles. The van der Waals surface area contributed by atoms with Crippen LogP contribution in [-0.2, 0) is 13.0 Å². The van der Waals surface area contributed by atoms with E-state index in [4.69, 9.17) is 0 Å². The van der Waals surface area contributed by atoms with Gasteiger partial charge < -0.3 is 4.90 Å². The smallest absolute Gasteiger partial charge is 0.0895 e. The lowest BCUT2D eigenvalue weighted by Gasteiger charge is -2.21. The Bertz CT molecular complexity index is 368. The summed E-state index contributed by atoms with van der Waals surface area (Å²) in [5.74, 6) is 0. The fourth-order valence-electron chi connectivity index (χ4n) is 2.25. The van der Waals surface area contributed by atoms with Crippen LogP contribution in [-0.4, -0.2) is 34.8 Å². The van der Waals surface area contributed by atoms with Gasteiger partial charge in [0.1, 0.15) is 0 Å². The third-order valence-electron chi connectivity index (χ3n) is 3.20. The second-order valence-corrected chi connectivity index (χ2v) is 4.45. The van der Waals surface area contributed by atoms with E-state index in [0.717, 1.165) is 25.9 Å². The number of likely N-dealkylation sites (N-methyl/N-ethyl adjacent to an activating group) is 1. The quantitative estimate of drug-likeness (QED) is 0.777. The minimum absolute atomic E-state index is 0.965. The van der Waals surface area contributed by atoms with E-state index < -0.39 is 0 Å². The fraction of sp³-hybridized carbons (Fsp3) is 0.615. The zero-order valence-corrected chi connectivity index (χ0v) is 10.5. The molecule has 0 aliphatic carbocycles. The van der Waals surface area contributed by atoms with Crippen LogP contribution in [0.1, 0.15) is 31.7 Å². The molecule has 16 heavy (non-hydrogen) atoms. The van der Waals surface area contributed by atoms with Crippen LogP contribution in [0.2, 0.25) is 0 Å². The van der Waals surface area contributed by atoms with Gasteiger partial charge in [-0.15, -0.1) is 0 Å². The molecular weight excluding hydrogens is 198 g/mol. The van der Waals surface area contributed by atoms with Crippen molar-refractivity contribution in [2.24, 2.45) is 0 Å². The first kappa shape index (κ1) is 11.4. The van der Waals surface area contributed by atoms with Gasteiger partial charge in [-0.1, -0.05) is 13.0 Å². The number of aryl methyl sites for hydroxylation is 2. The van der Waals surface area contributed by atoms with Crippen molar-refractivity contribution in [3.05, 3.63) is 23.5 Å². The molecule has 0 aromatic carbocycles. The Kier molecular flexibility index (Phi) is 3.44. The maximum Gasteiger partial charge on any atom is 0.0895 e. The predicted molar refractivity (Wildman–Crippen MR) is 67.4 cm³/mol. The Hall–Kier alpha value is -1.09. The fourth-order valence-corrected chi connectivity index (χ4v) is 2.25. The first-order valence-corrected chi connectivity index (χ1v) is 6.19. The lowest BCUT2D eigenvalue weighted by molar-refractivity contribution is 0.372. The summed E-state index contributed by atoms with van der Waals surface area (Å²) in [6.07, 6.45) is 4.54. The molecule has 3 heteroatoms. The molecule has 88 valence electrons. The van der Waals surface area contributed by atoms with Crippen LogP contribution < -0.4 is 0 Å². The topological polar surface area (TPSA) is 21.1 Å². The van der Waals surface area contributed by atoms with Gasteiger partial charge in [0.05, 0.1) is 5.69 Å². The van der Waals surface area contributed by atoms with E-state index in [-0.39, 0.29) is 0 Å². The zero-order valence-electron chi connectivity index (χ0n) is 10.5. The van der Waals surface area contributed by atoms with E-state index in [2.05, 4.69) is 47.7 Å². The number of hydrogen-bond donors (Lipinski definition) is 0. The summed E-state index contributed by atoms with van der Waals surface area (Å²) in [6.45, 7) is 7.50. The van der Waals surface area contributed by atoms with E-state index in [1.54, 1.807) is 0 Å². The maximum atomic E-state index is 4.68. The molecule has 0 radical (unpaired) electrons. The van der Waals surface area contributed by atoms with Gasteiger partial charge in [-0.25, -0.2) is 0 Å². The Morgan fingerprint density at radius 1 is 1.38 bits per heavy atom. The van der Waals surface area contributed by atoms with Gasteiger partial charge in [0.2, 0.25) is 0 Å². The molecule has 0 spiro atoms. The summed E-state index contributed by atoms with van der Waals surface area (Å²) in [5.41, 5.74) is 3.90. The molecule has 0 unspecified atom stereocenters. The monoisotopic (exact) mass is 219 g/mol. The summed E-state index contributed by atoms with van der Waals surface area (Å²) in [7, 11) is 2.17. The van der Waals surface area contributed by atoms with Crippen LogP contribution >= 0.6 is 0 Å². The standard InChI is InChI=1S/C13H21N3/c1-4-12-9-13(14-16(12)5-2)11-7-6-8-15(3)10-11/h7,9H,4-6,8,10H2,1-3H3. The average Bonchev–Trinajstić information content (AvgIpc) is 2.72. The minimum Gasteiger partial charge on any atom is -0.302 e. The van der Waals surface area contributed by atoms with Crippen LogP contribution in [0.3, 0.4) is 0 Å². The molecule has 0 saturated heterocycles. The van der Waals surface area contributed by atoms with E-state index in [0.29, 0.717) is 0 Å². The molecule has 0 N–H and O–H groups in total. The highest BCUT2D eigenvalue weighted by atomic mass is 15.3. The van der Waals surface area contributed by atoms with Crippen LogP contribution in [0.4, 0.5) is 0 Å². The highest BCUT2D eigenvalue weighted by Crippen LogP contribution is 2.20. The van der Waals surface area contributed by atoms with E-state index >= 15 is 0 Å². The molecule has 0 atom stereocenters. The molecule has 0 bridgehead atoms. The molecule has 0 amide bonds. The Balaban J connectivity index is 2.26. The van der Waals surface area contributed by atoms with Crippen LogP contribution in [0.5, 0.6) is 0 Å². The van der Waals surface area contributed by atoms with Crippen molar-refractivity contribution in [2.75, 3.05) is 20.1 Å². The highest BCUT2D eigenvalue weighted by Gasteiger charge is 2.14. The maximum absolute atomic E-state index is 4.68. The van der Waals surface area contributed by atoms with Crippen molar-refractivity contribution >= 4 is 5.57 Å². The van der Waals surface area contributed by atoms with Crippen molar-refractivity contribution in [1.29, 1.82) is 0 Å². The first-order valence-electron chi connectivity index (χ1n) is 6.19. The molecule has 2 rings (SSSR count). The van der Waals surface area contributed by atoms with Gasteiger partial charge in [-0.3, -0.25) is 4.68 Å². The van der Waals surface area contributed by atoms with Gasteiger partial charge in [0.15, 0.2) is 0 Å². The molecule has 3 nitrogen and oxygen atoms in total. The molecular formula is C13H21N3. The second kappa shape index (κ2) is 4.83. The second-order valence-electron chi connectivity index (χ2n) is 4.45. The van der Waals surface area contributed by atoms with Gasteiger partial charge in [-0.05, 0) is 38.5 Å². The summed E-state index contributed by atoms with van der Waals surface area (Å²) in [5, 5.41) is 4.68. The van der Waals surface area contributed by atoms with Crippen molar-refractivity contribution in [1.82, 2.24) is 14.7 Å². The molecule has 0 fully saturated rings. The van der Waals surface area contributed by atoms with E-state index in [1.165, 1.54) is 23.5 Å². The molecule has 2 heterocycles. The number of rotatable bonds is 3. The van der Waals surface area contributed by atoms with Crippen LogP contribution in [0.15, 0.2) is 12.1 Å². The summed E-state index contributed by atoms with van der Waals surface area (Å²) >= 11 is 0. The van der Waals surface area contributed by atoms with Crippen molar-refractivity contribution < 1.29 is 0 Å². The number of nitrogens with zero attached hydrogens (tertiary/aromatic N) is 3.